The van der Waals surface area contributed by atoms with Crippen LogP contribution in [0.25, 0.3) is 0 Å². The van der Waals surface area contributed by atoms with E-state index in [1.54, 1.807) is 13.3 Å². The van der Waals surface area contributed by atoms with Crippen molar-refractivity contribution in [2.45, 2.75) is 50.7 Å². The van der Waals surface area contributed by atoms with Gasteiger partial charge in [0.1, 0.15) is 5.69 Å². The number of carbonyl (C=O) groups is 1. The Morgan fingerprint density at radius 1 is 1.34 bits per heavy atom. The number of aryl methyl sites for hydroxylation is 1. The summed E-state index contributed by atoms with van der Waals surface area (Å²) in [6, 6.07) is 5.49. The molecule has 1 amide bonds. The van der Waals surface area contributed by atoms with Gasteiger partial charge in [-0.15, -0.1) is 0 Å². The molecule has 1 fully saturated rings. The molecule has 7 heteroatoms. The van der Waals surface area contributed by atoms with Crippen molar-refractivity contribution in [1.29, 1.82) is 0 Å². The zero-order valence-electron chi connectivity index (χ0n) is 16.7. The quantitative estimate of drug-likeness (QED) is 0.800. The van der Waals surface area contributed by atoms with Crippen LogP contribution in [0.5, 0.6) is 5.88 Å². The molecular formula is C22H27N3O4. The minimum atomic E-state index is -0.686. The summed E-state index contributed by atoms with van der Waals surface area (Å²) in [5.41, 5.74) is 4.91. The Morgan fingerprint density at radius 3 is 3.03 bits per heavy atom. The molecule has 0 bridgehead atoms. The SMILES string of the molecule is COc1cc(Cc2cc(C(=O)N[C@H]3CCOC[C@@H]3O)nc3c2CCCC3)ccn1. The van der Waals surface area contributed by atoms with Gasteiger partial charge in [0.05, 0.1) is 25.9 Å². The van der Waals surface area contributed by atoms with E-state index < -0.39 is 6.10 Å². The van der Waals surface area contributed by atoms with Gasteiger partial charge in [0, 0.05) is 24.6 Å². The number of methoxy groups -OCH3 is 1. The fourth-order valence-corrected chi connectivity index (χ4v) is 4.09. The van der Waals surface area contributed by atoms with Gasteiger partial charge in [-0.2, -0.15) is 0 Å². The number of aliphatic hydroxyl groups excluding tert-OH is 1. The molecule has 0 aromatic carbocycles. The second-order valence-corrected chi connectivity index (χ2v) is 7.69. The van der Waals surface area contributed by atoms with Crippen LogP contribution in [0, 0.1) is 0 Å². The minimum absolute atomic E-state index is 0.238. The van der Waals surface area contributed by atoms with Crippen LogP contribution in [-0.2, 0) is 24.0 Å². The predicted molar refractivity (Wildman–Crippen MR) is 107 cm³/mol. The fraction of sp³-hybridized carbons (Fsp3) is 0.500. The molecule has 3 heterocycles. The zero-order valence-corrected chi connectivity index (χ0v) is 16.7. The van der Waals surface area contributed by atoms with Crippen LogP contribution >= 0.6 is 0 Å². The summed E-state index contributed by atoms with van der Waals surface area (Å²) in [6.45, 7) is 0.784. The van der Waals surface area contributed by atoms with Crippen molar-refractivity contribution >= 4 is 5.91 Å². The number of pyridine rings is 2. The molecule has 2 N–H and O–H groups in total. The number of aliphatic hydroxyl groups is 1. The summed E-state index contributed by atoms with van der Waals surface area (Å²) in [7, 11) is 1.60. The van der Waals surface area contributed by atoms with E-state index in [4.69, 9.17) is 9.47 Å². The lowest BCUT2D eigenvalue weighted by atomic mass is 9.89. The van der Waals surface area contributed by atoms with Gasteiger partial charge in [-0.05, 0) is 67.3 Å². The molecule has 0 saturated carbocycles. The molecule has 0 spiro atoms. The molecular weight excluding hydrogens is 370 g/mol. The summed E-state index contributed by atoms with van der Waals surface area (Å²) in [6.07, 6.45) is 6.46. The van der Waals surface area contributed by atoms with Gasteiger partial charge >= 0.3 is 0 Å². The van der Waals surface area contributed by atoms with Crippen molar-refractivity contribution in [3.05, 3.63) is 52.5 Å². The summed E-state index contributed by atoms with van der Waals surface area (Å²) in [5.74, 6) is 0.342. The van der Waals surface area contributed by atoms with Gasteiger partial charge in [-0.25, -0.2) is 9.97 Å². The first-order valence-corrected chi connectivity index (χ1v) is 10.2. The van der Waals surface area contributed by atoms with Crippen LogP contribution < -0.4 is 10.1 Å². The maximum atomic E-state index is 12.9. The normalized spacial score (nSPS) is 21.3. The van der Waals surface area contributed by atoms with Crippen molar-refractivity contribution in [3.63, 3.8) is 0 Å². The van der Waals surface area contributed by atoms with Gasteiger partial charge in [0.2, 0.25) is 5.88 Å². The van der Waals surface area contributed by atoms with Gasteiger partial charge in [0.25, 0.3) is 5.91 Å². The van der Waals surface area contributed by atoms with Crippen LogP contribution in [0.15, 0.2) is 24.4 Å². The molecule has 2 atom stereocenters. The third-order valence-corrected chi connectivity index (χ3v) is 5.67. The molecule has 2 aliphatic rings. The number of aromatic nitrogens is 2. The van der Waals surface area contributed by atoms with E-state index in [9.17, 15) is 9.90 Å². The van der Waals surface area contributed by atoms with Crippen LogP contribution in [-0.4, -0.2) is 53.5 Å². The predicted octanol–water partition coefficient (Wildman–Crippen LogP) is 1.83. The monoisotopic (exact) mass is 397 g/mol. The average Bonchev–Trinajstić information content (AvgIpc) is 2.75. The Kier molecular flexibility index (Phi) is 6.06. The summed E-state index contributed by atoms with van der Waals surface area (Å²) in [5, 5.41) is 13.0. The van der Waals surface area contributed by atoms with E-state index in [1.165, 1.54) is 5.56 Å². The van der Waals surface area contributed by atoms with E-state index in [-0.39, 0.29) is 18.6 Å². The largest absolute Gasteiger partial charge is 0.481 e. The Hall–Kier alpha value is -2.51. The number of ether oxygens (including phenoxy) is 2. The first kappa shape index (κ1) is 19.8. The van der Waals surface area contributed by atoms with E-state index >= 15 is 0 Å². The number of rotatable bonds is 5. The number of hydrogen-bond acceptors (Lipinski definition) is 6. The van der Waals surface area contributed by atoms with Crippen LogP contribution in [0.3, 0.4) is 0 Å². The Morgan fingerprint density at radius 2 is 2.21 bits per heavy atom. The number of nitrogens with zero attached hydrogens (tertiary/aromatic N) is 2. The maximum Gasteiger partial charge on any atom is 0.270 e. The van der Waals surface area contributed by atoms with Crippen molar-refractivity contribution in [2.75, 3.05) is 20.3 Å². The Balaban J connectivity index is 1.61. The standard InChI is InChI=1S/C22H27N3O4/c1-28-21-11-14(6-8-23-21)10-15-12-19(24-17-5-3-2-4-16(15)17)22(27)25-18-7-9-29-13-20(18)26/h6,8,11-12,18,20,26H,2-5,7,9-10,13H2,1H3,(H,25,27)/t18-,20-/m0/s1. The highest BCUT2D eigenvalue weighted by Crippen LogP contribution is 2.26. The lowest BCUT2D eigenvalue weighted by Gasteiger charge is -2.28. The summed E-state index contributed by atoms with van der Waals surface area (Å²) in [4.78, 5) is 21.7. The average molecular weight is 397 g/mol. The van der Waals surface area contributed by atoms with Crippen molar-refractivity contribution in [3.8, 4) is 5.88 Å². The maximum absolute atomic E-state index is 12.9. The molecule has 0 unspecified atom stereocenters. The zero-order chi connectivity index (χ0) is 20.2. The second-order valence-electron chi connectivity index (χ2n) is 7.69. The third-order valence-electron chi connectivity index (χ3n) is 5.67. The van der Waals surface area contributed by atoms with Gasteiger partial charge in [-0.1, -0.05) is 0 Å². The molecule has 2 aromatic heterocycles. The van der Waals surface area contributed by atoms with E-state index in [0.717, 1.165) is 42.5 Å². The summed E-state index contributed by atoms with van der Waals surface area (Å²) >= 11 is 0. The molecule has 1 aliphatic carbocycles. The first-order chi connectivity index (χ1) is 14.1. The number of amides is 1. The number of fused-ring (bicyclic) bond motifs is 1. The molecule has 154 valence electrons. The minimum Gasteiger partial charge on any atom is -0.481 e. The highest BCUT2D eigenvalue weighted by molar-refractivity contribution is 5.93. The van der Waals surface area contributed by atoms with Crippen molar-refractivity contribution in [1.82, 2.24) is 15.3 Å². The van der Waals surface area contributed by atoms with Crippen molar-refractivity contribution < 1.29 is 19.4 Å². The van der Waals surface area contributed by atoms with Crippen molar-refractivity contribution in [2.24, 2.45) is 0 Å². The number of nitrogens with one attached hydrogen (secondary N) is 1. The smallest absolute Gasteiger partial charge is 0.270 e. The van der Waals surface area contributed by atoms with Crippen LogP contribution in [0.2, 0.25) is 0 Å². The van der Waals surface area contributed by atoms with Gasteiger partial charge in [0.15, 0.2) is 0 Å². The van der Waals surface area contributed by atoms with E-state index in [2.05, 4.69) is 15.3 Å². The molecule has 2 aromatic rings. The lowest BCUT2D eigenvalue weighted by molar-refractivity contribution is -0.0261. The highest BCUT2D eigenvalue weighted by Gasteiger charge is 2.27. The Labute approximate surface area is 170 Å². The molecule has 29 heavy (non-hydrogen) atoms. The molecule has 0 radical (unpaired) electrons. The Bertz CT molecular complexity index is 886. The lowest BCUT2D eigenvalue weighted by Crippen LogP contribution is -2.48. The highest BCUT2D eigenvalue weighted by atomic mass is 16.5. The van der Waals surface area contributed by atoms with E-state index in [1.807, 2.05) is 18.2 Å². The van der Waals surface area contributed by atoms with Crippen LogP contribution in [0.1, 0.15) is 52.1 Å². The molecule has 4 rings (SSSR count). The van der Waals surface area contributed by atoms with Gasteiger partial charge in [-0.3, -0.25) is 4.79 Å². The molecule has 1 saturated heterocycles. The molecule has 7 nitrogen and oxygen atoms in total. The van der Waals surface area contributed by atoms with Gasteiger partial charge < -0.3 is 19.9 Å². The number of hydrogen-bond donors (Lipinski definition) is 2. The molecule has 1 aliphatic heterocycles. The van der Waals surface area contributed by atoms with Crippen LogP contribution in [0.4, 0.5) is 0 Å². The third kappa shape index (κ3) is 4.57. The second kappa shape index (κ2) is 8.88. The first-order valence-electron chi connectivity index (χ1n) is 10.2. The van der Waals surface area contributed by atoms with E-state index in [0.29, 0.717) is 31.0 Å². The summed E-state index contributed by atoms with van der Waals surface area (Å²) < 4.78 is 10.5. The topological polar surface area (TPSA) is 93.6 Å². The number of carbonyl (C=O) groups excluding carboxylic acids is 1. The fourth-order valence-electron chi connectivity index (χ4n) is 4.09.